The van der Waals surface area contributed by atoms with Crippen LogP contribution in [0.1, 0.15) is 18.9 Å². The van der Waals surface area contributed by atoms with Crippen LogP contribution in [0.25, 0.3) is 0 Å². The average molecular weight is 208 g/mol. The fourth-order valence-electron chi connectivity index (χ4n) is 1.03. The van der Waals surface area contributed by atoms with Crippen molar-refractivity contribution >= 4 is 5.91 Å². The van der Waals surface area contributed by atoms with E-state index < -0.39 is 6.04 Å². The Hall–Kier alpha value is -1.39. The van der Waals surface area contributed by atoms with Gasteiger partial charge in [0.25, 0.3) is 5.91 Å². The van der Waals surface area contributed by atoms with Gasteiger partial charge in [0.05, 0.1) is 12.6 Å². The molecule has 15 heavy (non-hydrogen) atoms. The fourth-order valence-corrected chi connectivity index (χ4v) is 1.03. The normalized spacial score (nSPS) is 12.1. The first-order chi connectivity index (χ1) is 7.24. The summed E-state index contributed by atoms with van der Waals surface area (Å²) in [4.78, 5) is 16.2. The predicted molar refractivity (Wildman–Crippen MR) is 57.6 cm³/mol. The van der Waals surface area contributed by atoms with Crippen LogP contribution in [0.2, 0.25) is 0 Å². The van der Waals surface area contributed by atoms with Crippen LogP contribution in [-0.2, 0) is 16.2 Å². The molecule has 1 atom stereocenters. The van der Waals surface area contributed by atoms with Crippen molar-refractivity contribution in [1.82, 2.24) is 5.48 Å². The standard InChI is InChI=1S/C11H16N2O2/c1-2-10(12)11(14)13-15-8-9-6-4-3-5-7-9/h3-7,10H,2,8,12H2,1H3,(H,13,14)/t10-/m0/s1. The molecule has 0 aliphatic carbocycles. The van der Waals surface area contributed by atoms with E-state index in [1.807, 2.05) is 37.3 Å². The number of hydrogen-bond acceptors (Lipinski definition) is 3. The number of nitrogens with two attached hydrogens (primary N) is 1. The zero-order valence-corrected chi connectivity index (χ0v) is 8.77. The van der Waals surface area contributed by atoms with Gasteiger partial charge in [-0.3, -0.25) is 9.63 Å². The van der Waals surface area contributed by atoms with E-state index >= 15 is 0 Å². The minimum Gasteiger partial charge on any atom is -0.320 e. The molecule has 0 radical (unpaired) electrons. The van der Waals surface area contributed by atoms with Gasteiger partial charge in [-0.25, -0.2) is 5.48 Å². The van der Waals surface area contributed by atoms with Crippen molar-refractivity contribution in [2.45, 2.75) is 26.0 Å². The monoisotopic (exact) mass is 208 g/mol. The summed E-state index contributed by atoms with van der Waals surface area (Å²) in [5.41, 5.74) is 8.82. The fraction of sp³-hybridized carbons (Fsp3) is 0.364. The Labute approximate surface area is 89.4 Å². The van der Waals surface area contributed by atoms with Gasteiger partial charge >= 0.3 is 0 Å². The maximum Gasteiger partial charge on any atom is 0.260 e. The maximum absolute atomic E-state index is 11.2. The van der Waals surface area contributed by atoms with Crippen LogP contribution >= 0.6 is 0 Å². The first-order valence-electron chi connectivity index (χ1n) is 4.95. The molecule has 1 aromatic rings. The number of nitrogens with one attached hydrogen (secondary N) is 1. The van der Waals surface area contributed by atoms with Crippen molar-refractivity contribution < 1.29 is 9.63 Å². The van der Waals surface area contributed by atoms with E-state index in [1.54, 1.807) is 0 Å². The minimum absolute atomic E-state index is 0.284. The van der Waals surface area contributed by atoms with Crippen LogP contribution in [0.5, 0.6) is 0 Å². The molecule has 0 aromatic heterocycles. The Morgan fingerprint density at radius 2 is 2.13 bits per heavy atom. The SMILES string of the molecule is CC[C@H](N)C(=O)NOCc1ccccc1. The lowest BCUT2D eigenvalue weighted by molar-refractivity contribution is -0.136. The highest BCUT2D eigenvalue weighted by Gasteiger charge is 2.09. The highest BCUT2D eigenvalue weighted by molar-refractivity contribution is 5.80. The second-order valence-corrected chi connectivity index (χ2v) is 3.26. The van der Waals surface area contributed by atoms with Crippen LogP contribution in [0.4, 0.5) is 0 Å². The van der Waals surface area contributed by atoms with Crippen molar-refractivity contribution in [3.8, 4) is 0 Å². The van der Waals surface area contributed by atoms with Crippen molar-refractivity contribution in [1.29, 1.82) is 0 Å². The van der Waals surface area contributed by atoms with E-state index in [0.29, 0.717) is 13.0 Å². The maximum atomic E-state index is 11.2. The molecule has 0 fully saturated rings. The Morgan fingerprint density at radius 1 is 1.47 bits per heavy atom. The summed E-state index contributed by atoms with van der Waals surface area (Å²) in [5.74, 6) is -0.284. The van der Waals surface area contributed by atoms with E-state index in [-0.39, 0.29) is 5.91 Å². The number of benzene rings is 1. The van der Waals surface area contributed by atoms with Gasteiger partial charge in [0.2, 0.25) is 0 Å². The van der Waals surface area contributed by atoms with Crippen molar-refractivity contribution in [3.05, 3.63) is 35.9 Å². The van der Waals surface area contributed by atoms with Crippen LogP contribution in [0, 0.1) is 0 Å². The van der Waals surface area contributed by atoms with Gasteiger partial charge in [-0.15, -0.1) is 0 Å². The number of hydroxylamine groups is 1. The molecule has 0 aliphatic heterocycles. The van der Waals surface area contributed by atoms with Crippen molar-refractivity contribution in [3.63, 3.8) is 0 Å². The predicted octanol–water partition coefficient (Wildman–Crippen LogP) is 0.972. The zero-order chi connectivity index (χ0) is 11.1. The Bertz CT molecular complexity index is 301. The molecule has 1 rings (SSSR count). The molecular formula is C11H16N2O2. The lowest BCUT2D eigenvalue weighted by atomic mass is 10.2. The summed E-state index contributed by atoms with van der Waals surface area (Å²) in [7, 11) is 0. The smallest absolute Gasteiger partial charge is 0.260 e. The third kappa shape index (κ3) is 4.10. The Balaban J connectivity index is 2.25. The highest BCUT2D eigenvalue weighted by atomic mass is 16.6. The second-order valence-electron chi connectivity index (χ2n) is 3.26. The van der Waals surface area contributed by atoms with Crippen molar-refractivity contribution in [2.24, 2.45) is 5.73 Å². The lowest BCUT2D eigenvalue weighted by Crippen LogP contribution is -2.39. The van der Waals surface area contributed by atoms with E-state index in [9.17, 15) is 4.79 Å². The molecule has 1 amide bonds. The molecule has 1 aromatic carbocycles. The number of carbonyl (C=O) groups is 1. The molecular weight excluding hydrogens is 192 g/mol. The van der Waals surface area contributed by atoms with Gasteiger partial charge in [-0.2, -0.15) is 0 Å². The lowest BCUT2D eigenvalue weighted by Gasteiger charge is -2.09. The largest absolute Gasteiger partial charge is 0.320 e. The van der Waals surface area contributed by atoms with E-state index in [0.717, 1.165) is 5.56 Å². The Kier molecular flexibility index (Phi) is 4.80. The van der Waals surface area contributed by atoms with Gasteiger partial charge in [0.15, 0.2) is 0 Å². The van der Waals surface area contributed by atoms with Gasteiger partial charge in [0, 0.05) is 0 Å². The third-order valence-corrected chi connectivity index (χ3v) is 2.03. The Morgan fingerprint density at radius 3 is 2.73 bits per heavy atom. The van der Waals surface area contributed by atoms with Crippen LogP contribution in [-0.4, -0.2) is 11.9 Å². The summed E-state index contributed by atoms with van der Waals surface area (Å²) >= 11 is 0. The second kappa shape index (κ2) is 6.16. The molecule has 4 nitrogen and oxygen atoms in total. The van der Waals surface area contributed by atoms with Crippen molar-refractivity contribution in [2.75, 3.05) is 0 Å². The van der Waals surface area contributed by atoms with E-state index in [1.165, 1.54) is 0 Å². The molecule has 4 heteroatoms. The van der Waals surface area contributed by atoms with Gasteiger partial charge in [-0.1, -0.05) is 37.3 Å². The molecule has 0 saturated carbocycles. The number of hydrogen-bond donors (Lipinski definition) is 2. The van der Waals surface area contributed by atoms with E-state index in [4.69, 9.17) is 10.6 Å². The molecule has 0 heterocycles. The number of rotatable bonds is 5. The summed E-state index contributed by atoms with van der Waals surface area (Å²) in [6, 6.07) is 9.10. The first-order valence-corrected chi connectivity index (χ1v) is 4.95. The topological polar surface area (TPSA) is 64.4 Å². The zero-order valence-electron chi connectivity index (χ0n) is 8.77. The quantitative estimate of drug-likeness (QED) is 0.709. The van der Waals surface area contributed by atoms with Crippen LogP contribution < -0.4 is 11.2 Å². The van der Waals surface area contributed by atoms with Gasteiger partial charge in [0.1, 0.15) is 0 Å². The average Bonchev–Trinajstić information content (AvgIpc) is 2.29. The van der Waals surface area contributed by atoms with Crippen LogP contribution in [0.15, 0.2) is 30.3 Å². The summed E-state index contributed by atoms with van der Waals surface area (Å²) in [6.45, 7) is 2.20. The molecule has 0 saturated heterocycles. The third-order valence-electron chi connectivity index (χ3n) is 2.03. The van der Waals surface area contributed by atoms with Crippen LogP contribution in [0.3, 0.4) is 0 Å². The summed E-state index contributed by atoms with van der Waals surface area (Å²) < 4.78 is 0. The van der Waals surface area contributed by atoms with Gasteiger partial charge in [-0.05, 0) is 12.0 Å². The first kappa shape index (κ1) is 11.7. The molecule has 82 valence electrons. The molecule has 0 unspecified atom stereocenters. The van der Waals surface area contributed by atoms with E-state index in [2.05, 4.69) is 5.48 Å². The molecule has 0 spiro atoms. The van der Waals surface area contributed by atoms with Gasteiger partial charge < -0.3 is 5.73 Å². The number of amides is 1. The molecule has 0 aliphatic rings. The summed E-state index contributed by atoms with van der Waals surface area (Å²) in [5, 5.41) is 0. The number of carbonyl (C=O) groups excluding carboxylic acids is 1. The highest BCUT2D eigenvalue weighted by Crippen LogP contribution is 1.99. The summed E-state index contributed by atoms with van der Waals surface area (Å²) in [6.07, 6.45) is 0.598. The molecule has 3 N–H and O–H groups in total. The minimum atomic E-state index is -0.499. The molecule has 0 bridgehead atoms.